The Labute approximate surface area is 253 Å². The second-order valence-electron chi connectivity index (χ2n) is 12.8. The fourth-order valence-corrected chi connectivity index (χ4v) is 7.18. The topological polar surface area (TPSA) is 93.8 Å². The molecular formula is C34H43N5O4. The number of ether oxygens (including phenoxy) is 2. The van der Waals surface area contributed by atoms with E-state index in [0.29, 0.717) is 17.9 Å². The highest BCUT2D eigenvalue weighted by atomic mass is 16.6. The number of aliphatic hydroxyl groups is 1. The van der Waals surface area contributed by atoms with Gasteiger partial charge in [-0.05, 0) is 83.2 Å². The number of carbonyl (C=O) groups is 1. The maximum Gasteiger partial charge on any atom is 0.254 e. The number of hydrogen-bond acceptors (Lipinski definition) is 6. The molecule has 1 saturated carbocycles. The van der Waals surface area contributed by atoms with Crippen molar-refractivity contribution in [3.8, 4) is 22.8 Å². The van der Waals surface area contributed by atoms with Crippen LogP contribution < -0.4 is 10.1 Å². The van der Waals surface area contributed by atoms with Gasteiger partial charge in [-0.2, -0.15) is 0 Å². The summed E-state index contributed by atoms with van der Waals surface area (Å²) in [7, 11) is 3.64. The average Bonchev–Trinajstić information content (AvgIpc) is 3.71. The Morgan fingerprint density at radius 3 is 2.58 bits per heavy atom. The summed E-state index contributed by atoms with van der Waals surface area (Å²) in [4.78, 5) is 21.0. The third-order valence-corrected chi connectivity index (χ3v) is 8.93. The summed E-state index contributed by atoms with van der Waals surface area (Å²) in [5, 5.41) is 13.8. The molecule has 1 aliphatic heterocycles. The highest BCUT2D eigenvalue weighted by Crippen LogP contribution is 2.40. The molecule has 2 N–H and O–H groups in total. The fourth-order valence-electron chi connectivity index (χ4n) is 7.18. The molecule has 2 bridgehead atoms. The van der Waals surface area contributed by atoms with Gasteiger partial charge in [0.2, 0.25) is 6.41 Å². The zero-order chi connectivity index (χ0) is 30.6. The van der Waals surface area contributed by atoms with Gasteiger partial charge in [-0.3, -0.25) is 10.1 Å². The number of aromatic nitrogens is 3. The first-order valence-corrected chi connectivity index (χ1v) is 15.2. The number of imidazole rings is 1. The number of nitrogens with zero attached hydrogens (tertiary/aromatic N) is 4. The van der Waals surface area contributed by atoms with Crippen molar-refractivity contribution in [3.05, 3.63) is 65.5 Å². The van der Waals surface area contributed by atoms with Crippen LogP contribution in [0.4, 0.5) is 0 Å². The highest BCUT2D eigenvalue weighted by molar-refractivity contribution is 6.00. The number of hydrogen-bond donors (Lipinski definition) is 2. The lowest BCUT2D eigenvalue weighted by Gasteiger charge is -2.30. The van der Waals surface area contributed by atoms with E-state index < -0.39 is 12.0 Å². The van der Waals surface area contributed by atoms with Gasteiger partial charge in [-0.15, -0.1) is 0 Å². The second-order valence-corrected chi connectivity index (χ2v) is 12.8. The van der Waals surface area contributed by atoms with Gasteiger partial charge in [0.05, 0.1) is 18.2 Å². The summed E-state index contributed by atoms with van der Waals surface area (Å²) >= 11 is 0. The maximum atomic E-state index is 14.0. The number of aliphatic hydroxyl groups excluding tert-OH is 1. The lowest BCUT2D eigenvalue weighted by atomic mass is 10.1. The van der Waals surface area contributed by atoms with Crippen LogP contribution in [-0.2, 0) is 18.2 Å². The van der Waals surface area contributed by atoms with E-state index in [1.807, 2.05) is 50.9 Å². The zero-order valence-electron chi connectivity index (χ0n) is 26.2. The predicted octanol–water partition coefficient (Wildman–Crippen LogP) is 5.19. The molecule has 1 aliphatic carbocycles. The van der Waals surface area contributed by atoms with E-state index in [4.69, 9.17) is 14.5 Å². The van der Waals surface area contributed by atoms with Crippen LogP contribution in [-0.4, -0.2) is 67.8 Å². The minimum atomic E-state index is -1.08. The van der Waals surface area contributed by atoms with E-state index >= 15 is 0 Å². The summed E-state index contributed by atoms with van der Waals surface area (Å²) < 4.78 is 15.9. The molecule has 228 valence electrons. The number of piperidine rings is 1. The molecule has 6 rings (SSSR count). The zero-order valence-corrected chi connectivity index (χ0v) is 26.2. The first kappa shape index (κ1) is 29.4. The van der Waals surface area contributed by atoms with Gasteiger partial charge in [-0.1, -0.05) is 25.1 Å². The molecule has 2 aliphatic rings. The number of methoxy groups -OCH3 is 1. The maximum absolute atomic E-state index is 14.0. The molecule has 2 aromatic carbocycles. The predicted molar refractivity (Wildman–Crippen MR) is 167 cm³/mol. The summed E-state index contributed by atoms with van der Waals surface area (Å²) in [6.07, 6.45) is 1.66. The quantitative estimate of drug-likeness (QED) is 0.277. The number of rotatable bonds is 8. The van der Waals surface area contributed by atoms with Crippen molar-refractivity contribution in [2.24, 2.45) is 13.0 Å². The normalized spacial score (nSPS) is 20.7. The van der Waals surface area contributed by atoms with E-state index in [2.05, 4.69) is 58.6 Å². The summed E-state index contributed by atoms with van der Waals surface area (Å²) in [5.74, 6) is 1.68. The van der Waals surface area contributed by atoms with Gasteiger partial charge < -0.3 is 28.6 Å². The first-order chi connectivity index (χ1) is 20.5. The van der Waals surface area contributed by atoms with Crippen LogP contribution >= 0.6 is 0 Å². The highest BCUT2D eigenvalue weighted by Gasteiger charge is 2.49. The average molecular weight is 586 g/mol. The van der Waals surface area contributed by atoms with Crippen LogP contribution in [0, 0.1) is 12.8 Å². The standard InChI is InChI=1S/C34H43N5O4/c1-8-26-24(16-20(2)39(26)23-12-10-9-11-13-23)31-35-25-17-22(18-28(42-7)30(25)37(31)6)32(40)38-19-21-14-15-27(38)29(21)36-33(41)43-34(3,4)5/h9-13,16-18,21,27,29,33,36,41H,8,14-15,19H2,1-7H3/t21-,27-,29-,33?/m1/s1. The largest absolute Gasteiger partial charge is 0.494 e. The number of benzene rings is 2. The SMILES string of the molecule is CCc1c(-c2nc3cc(C(=O)N4C[C@H]5CC[C@@H]4[C@@H]5NC(O)OC(C)(C)C)cc(OC)c3n2C)cc(C)n1-c1ccccc1. The molecule has 1 amide bonds. The molecule has 1 saturated heterocycles. The molecule has 9 heteroatoms. The number of aryl methyl sites for hydroxylation is 2. The Morgan fingerprint density at radius 1 is 1.16 bits per heavy atom. The van der Waals surface area contributed by atoms with Crippen molar-refractivity contribution in [1.29, 1.82) is 0 Å². The van der Waals surface area contributed by atoms with E-state index in [1.165, 1.54) is 5.69 Å². The minimum Gasteiger partial charge on any atom is -0.494 e. The van der Waals surface area contributed by atoms with Gasteiger partial charge >= 0.3 is 0 Å². The Hall–Kier alpha value is -3.66. The summed E-state index contributed by atoms with van der Waals surface area (Å²) in [6.45, 7) is 10.7. The Bertz CT molecular complexity index is 1650. The van der Waals surface area contributed by atoms with Gasteiger partial charge in [0.15, 0.2) is 0 Å². The Morgan fingerprint density at radius 2 is 1.91 bits per heavy atom. The van der Waals surface area contributed by atoms with Gasteiger partial charge in [0.1, 0.15) is 17.1 Å². The van der Waals surface area contributed by atoms with Crippen molar-refractivity contribution in [2.75, 3.05) is 13.7 Å². The van der Waals surface area contributed by atoms with Crippen LogP contribution in [0.15, 0.2) is 48.5 Å². The summed E-state index contributed by atoms with van der Waals surface area (Å²) in [5.41, 5.74) is 6.16. The lowest BCUT2D eigenvalue weighted by Crippen LogP contribution is -2.49. The van der Waals surface area contributed by atoms with Gasteiger partial charge in [0, 0.05) is 53.9 Å². The third kappa shape index (κ3) is 5.24. The monoisotopic (exact) mass is 585 g/mol. The lowest BCUT2D eigenvalue weighted by molar-refractivity contribution is -0.186. The molecule has 4 atom stereocenters. The van der Waals surface area contributed by atoms with E-state index in [-0.39, 0.29) is 23.9 Å². The van der Waals surface area contributed by atoms with E-state index in [1.54, 1.807) is 7.11 Å². The summed E-state index contributed by atoms with van der Waals surface area (Å²) in [6, 6.07) is 16.3. The van der Waals surface area contributed by atoms with Crippen LogP contribution in [0.3, 0.4) is 0 Å². The second kappa shape index (κ2) is 11.1. The molecule has 2 aromatic heterocycles. The van der Waals surface area contributed by atoms with Crippen molar-refractivity contribution in [2.45, 2.75) is 78.0 Å². The number of amides is 1. The molecule has 43 heavy (non-hydrogen) atoms. The number of para-hydroxylation sites is 1. The molecule has 0 radical (unpaired) electrons. The van der Waals surface area contributed by atoms with E-state index in [0.717, 1.165) is 53.1 Å². The molecule has 4 aromatic rings. The molecule has 0 spiro atoms. The minimum absolute atomic E-state index is 0.00968. The van der Waals surface area contributed by atoms with Gasteiger partial charge in [-0.25, -0.2) is 4.98 Å². The fraction of sp³-hybridized carbons (Fsp3) is 0.471. The third-order valence-electron chi connectivity index (χ3n) is 8.93. The van der Waals surface area contributed by atoms with Crippen LogP contribution in [0.25, 0.3) is 28.1 Å². The molecule has 3 heterocycles. The number of nitrogens with one attached hydrogen (secondary N) is 1. The molecule has 2 fully saturated rings. The van der Waals surface area contributed by atoms with Crippen molar-refractivity contribution < 1.29 is 19.4 Å². The number of fused-ring (bicyclic) bond motifs is 3. The molecule has 9 nitrogen and oxygen atoms in total. The van der Waals surface area contributed by atoms with Crippen molar-refractivity contribution >= 4 is 16.9 Å². The van der Waals surface area contributed by atoms with Crippen LogP contribution in [0.2, 0.25) is 0 Å². The Balaban J connectivity index is 1.33. The first-order valence-electron chi connectivity index (χ1n) is 15.2. The van der Waals surface area contributed by atoms with E-state index in [9.17, 15) is 9.90 Å². The smallest absolute Gasteiger partial charge is 0.254 e. The Kier molecular flexibility index (Phi) is 7.61. The van der Waals surface area contributed by atoms with Gasteiger partial charge in [0.25, 0.3) is 5.91 Å². The van der Waals surface area contributed by atoms with Crippen LogP contribution in [0.1, 0.15) is 62.3 Å². The molecule has 1 unspecified atom stereocenters. The van der Waals surface area contributed by atoms with Crippen molar-refractivity contribution in [1.82, 2.24) is 24.3 Å². The van der Waals surface area contributed by atoms with Crippen molar-refractivity contribution in [3.63, 3.8) is 0 Å². The number of carbonyl (C=O) groups excluding carboxylic acids is 1. The molecular weight excluding hydrogens is 542 g/mol. The number of likely N-dealkylation sites (tertiary alicyclic amines) is 1. The van der Waals surface area contributed by atoms with Crippen LogP contribution in [0.5, 0.6) is 5.75 Å².